The van der Waals surface area contributed by atoms with E-state index >= 15 is 0 Å². The van der Waals surface area contributed by atoms with Gasteiger partial charge in [0.2, 0.25) is 5.91 Å². The maximum Gasteiger partial charge on any atom is 0.219 e. The van der Waals surface area contributed by atoms with Gasteiger partial charge >= 0.3 is 0 Å². The summed E-state index contributed by atoms with van der Waals surface area (Å²) in [7, 11) is 10.5. The molecular formula is C76H184N14O13. The molecule has 0 bridgehead atoms. The highest BCUT2D eigenvalue weighted by Gasteiger charge is 2.11. The van der Waals surface area contributed by atoms with Crippen LogP contribution in [0.4, 0.5) is 0 Å². The lowest BCUT2D eigenvalue weighted by molar-refractivity contribution is -0.129. The van der Waals surface area contributed by atoms with E-state index in [2.05, 4.69) is 223 Å². The first-order valence-corrected chi connectivity index (χ1v) is 32.9. The number of imidazole rings is 1. The van der Waals surface area contributed by atoms with Gasteiger partial charge in [0, 0.05) is 38.0 Å². The molecule has 1 amide bonds. The largest absolute Gasteiger partial charge is 0.394 e. The van der Waals surface area contributed by atoms with Crippen LogP contribution in [0.1, 0.15) is 227 Å². The number of aromatic amines is 1. The molecule has 1 fully saturated rings. The second-order valence-corrected chi connectivity index (χ2v) is 17.8. The molecule has 636 valence electrons. The van der Waals surface area contributed by atoms with Gasteiger partial charge in [0.25, 0.3) is 0 Å². The summed E-state index contributed by atoms with van der Waals surface area (Å²) >= 11 is 0. The Kier molecular flexibility index (Phi) is 560. The number of hydrogen-bond acceptors (Lipinski definition) is 25. The second kappa shape index (κ2) is 299. The average Bonchev–Trinajstić information content (AvgIpc) is 1.75. The molecule has 1 aromatic heterocycles. The zero-order valence-corrected chi connectivity index (χ0v) is 73.0. The number of carbonyl (C=O) groups is 12. The minimum absolute atomic E-state index is 0. The summed E-state index contributed by atoms with van der Waals surface area (Å²) in [5, 5.41) is 8.06. The van der Waals surface area contributed by atoms with Gasteiger partial charge in [0.05, 0.1) is 6.33 Å². The summed E-state index contributed by atoms with van der Waals surface area (Å²) < 4.78 is 0. The van der Waals surface area contributed by atoms with Crippen LogP contribution >= 0.6 is 0 Å². The van der Waals surface area contributed by atoms with E-state index in [4.69, 9.17) is 57.8 Å². The SMILES string of the molecule is C=O.C=O.C=O.C=O.C=O.C=O.C=O.C=O.C=O.C=O.C=O.CC.CC(=O)N1CCCCC1.CC(C)O.CCC(C)C.CCC(C)C.CCC(C)C.CCC(C)C.CCC(C)C.CCc1ccccc1.CCc1ccccc1.CCc1cnc[nH]1.CN.CN.CN.CN.CN.CN.CN.N.N.N.N. The number of aryl methyl sites for hydroxylation is 3. The number of likely N-dealkylation sites (tertiary alicyclic amines) is 1. The first-order chi connectivity index (χ1) is 47.7. The summed E-state index contributed by atoms with van der Waals surface area (Å²) in [5.41, 5.74) is 35.5. The van der Waals surface area contributed by atoms with Gasteiger partial charge in [-0.1, -0.05) is 231 Å². The Morgan fingerprint density at radius 3 is 0.621 bits per heavy atom. The summed E-state index contributed by atoms with van der Waals surface area (Å²) in [6, 6.07) is 20.9. The molecule has 4 rings (SSSR count). The number of amides is 1. The number of nitrogens with two attached hydrogens (primary N) is 7. The topological polar surface area (TPSA) is 579 Å². The van der Waals surface area contributed by atoms with E-state index in [-0.39, 0.29) is 36.6 Å². The van der Waals surface area contributed by atoms with Crippen molar-refractivity contribution < 1.29 is 62.6 Å². The maximum absolute atomic E-state index is 10.7. The summed E-state index contributed by atoms with van der Waals surface area (Å²) in [6.07, 6.45) is 16.9. The molecule has 1 saturated heterocycles. The number of aliphatic hydroxyl groups is 1. The fourth-order valence-electron chi connectivity index (χ4n) is 3.11. The first kappa shape index (κ1) is 193. The molecule has 0 saturated carbocycles. The molecule has 1 aliphatic rings. The summed E-state index contributed by atoms with van der Waals surface area (Å²) in [5.74, 6) is 4.65. The molecule has 0 atom stereocenters. The van der Waals surface area contributed by atoms with Crippen molar-refractivity contribution in [1.82, 2.24) is 39.5 Å². The van der Waals surface area contributed by atoms with Gasteiger partial charge in [0.15, 0.2) is 0 Å². The molecule has 0 unspecified atom stereocenters. The number of hydrogen-bond donors (Lipinski definition) is 13. The predicted molar refractivity (Wildman–Crippen MR) is 459 cm³/mol. The molecule has 27 heteroatoms. The van der Waals surface area contributed by atoms with Crippen LogP contribution in [0.2, 0.25) is 0 Å². The Balaban J connectivity index is -0.0000000208. The van der Waals surface area contributed by atoms with Crippen molar-refractivity contribution in [3.8, 4) is 0 Å². The number of rotatable bonds is 8. The third-order valence-corrected chi connectivity index (χ3v) is 9.32. The predicted octanol–water partition coefficient (Wildman–Crippen LogP) is 13.8. The van der Waals surface area contributed by atoms with Crippen LogP contribution in [0.5, 0.6) is 0 Å². The molecule has 2 aromatic carbocycles. The van der Waals surface area contributed by atoms with Crippen molar-refractivity contribution in [2.45, 2.75) is 236 Å². The van der Waals surface area contributed by atoms with Gasteiger partial charge in [-0.25, -0.2) is 4.98 Å². The van der Waals surface area contributed by atoms with E-state index in [1.54, 1.807) is 27.1 Å². The number of piperidine rings is 1. The Bertz CT molecular complexity index is 1280. The van der Waals surface area contributed by atoms with E-state index in [0.29, 0.717) is 0 Å². The van der Waals surface area contributed by atoms with E-state index in [1.807, 2.05) is 112 Å². The zero-order chi connectivity index (χ0) is 86.4. The van der Waals surface area contributed by atoms with Gasteiger partial charge in [-0.3, -0.25) is 4.79 Å². The van der Waals surface area contributed by atoms with Crippen LogP contribution in [0.15, 0.2) is 73.2 Å². The number of benzene rings is 2. The fraction of sp³-hybridized carbons (Fsp3) is 0.645. The molecular weight excluding hydrogens is 1320 g/mol. The molecule has 1 aliphatic heterocycles. The van der Waals surface area contributed by atoms with Crippen LogP contribution < -0.4 is 64.7 Å². The highest BCUT2D eigenvalue weighted by Crippen LogP contribution is 2.08. The van der Waals surface area contributed by atoms with Crippen LogP contribution in [-0.4, -0.2) is 169 Å². The third kappa shape index (κ3) is 424. The maximum atomic E-state index is 10.7. The van der Waals surface area contributed by atoms with Crippen LogP contribution in [-0.2, 0) is 76.8 Å². The Labute approximate surface area is 638 Å². The van der Waals surface area contributed by atoms with Crippen molar-refractivity contribution in [3.05, 3.63) is 90.0 Å². The minimum Gasteiger partial charge on any atom is -0.394 e. The number of nitrogens with zero attached hydrogens (tertiary/aromatic N) is 2. The molecule has 2 heterocycles. The highest BCUT2D eigenvalue weighted by atomic mass is 16.3. The van der Waals surface area contributed by atoms with E-state index in [1.165, 1.54) is 118 Å². The highest BCUT2D eigenvalue weighted by molar-refractivity contribution is 5.73. The van der Waals surface area contributed by atoms with Crippen molar-refractivity contribution in [3.63, 3.8) is 0 Å². The molecule has 3 aromatic rings. The lowest BCUT2D eigenvalue weighted by Gasteiger charge is -2.24. The monoisotopic (exact) mass is 1500 g/mol. The third-order valence-electron chi connectivity index (χ3n) is 9.32. The van der Waals surface area contributed by atoms with E-state index in [9.17, 15) is 4.79 Å². The lowest BCUT2D eigenvalue weighted by atomic mass is 10.1. The van der Waals surface area contributed by atoms with Crippen LogP contribution in [0.25, 0.3) is 0 Å². The fourth-order valence-corrected chi connectivity index (χ4v) is 3.11. The lowest BCUT2D eigenvalue weighted by Crippen LogP contribution is -2.33. The zero-order valence-electron chi connectivity index (χ0n) is 73.0. The molecule has 0 spiro atoms. The minimum atomic E-state index is -0.167. The molecule has 27 nitrogen and oxygen atoms in total. The number of aliphatic hydroxyl groups excluding tert-OH is 1. The smallest absolute Gasteiger partial charge is 0.219 e. The van der Waals surface area contributed by atoms with Gasteiger partial charge in [0.1, 0.15) is 74.7 Å². The molecule has 28 N–H and O–H groups in total. The first-order valence-electron chi connectivity index (χ1n) is 32.9. The standard InChI is InChI=1S/2C8H10.C7H13NO.C5H8N2.5C5H12.C3H8O.C2H6.7CH5N.11CH2O.4H3N/c2*1-2-8-6-4-3-5-7-8;1-7(9)8-5-3-2-4-6-8;1-2-5-3-6-4-7-5;5*1-4-5(2)3;1-3(2)4;19*1-2;;;;/h2*3-7H,2H2,1H3;2-6H2,1H3;3-4H,2H2,1H3,(H,6,7);5*5H,4H2,1-3H3;3-4H,1-2H3;1-2H3;7*2H2,1H3;11*1H2;4*1H3. The molecule has 103 heavy (non-hydrogen) atoms. The van der Waals surface area contributed by atoms with Crippen LogP contribution in [0, 0.1) is 29.6 Å². The van der Waals surface area contributed by atoms with Crippen molar-refractivity contribution >= 4 is 80.6 Å². The van der Waals surface area contributed by atoms with Gasteiger partial charge in [-0.15, -0.1) is 0 Å². The number of nitrogens with one attached hydrogen (secondary N) is 1. The van der Waals surface area contributed by atoms with Crippen molar-refractivity contribution in [1.29, 1.82) is 0 Å². The average molecular weight is 1500 g/mol. The second-order valence-electron chi connectivity index (χ2n) is 17.8. The quantitative estimate of drug-likeness (QED) is 0.0996. The normalized spacial score (nSPS) is 7.36. The Morgan fingerprint density at radius 2 is 0.544 bits per heavy atom. The van der Waals surface area contributed by atoms with Crippen molar-refractivity contribution in [2.24, 2.45) is 69.7 Å². The van der Waals surface area contributed by atoms with Crippen LogP contribution in [0.3, 0.4) is 0 Å². The van der Waals surface area contributed by atoms with E-state index in [0.717, 1.165) is 61.9 Å². The summed E-state index contributed by atoms with van der Waals surface area (Å²) in [4.78, 5) is 107. The molecule has 0 aliphatic carbocycles. The Morgan fingerprint density at radius 1 is 0.379 bits per heavy atom. The number of aromatic nitrogens is 2. The number of carbonyl (C=O) groups excluding carboxylic acids is 12. The van der Waals surface area contributed by atoms with Gasteiger partial charge in [-0.05, 0) is 142 Å². The molecule has 0 radical (unpaired) electrons. The number of H-pyrrole nitrogens is 1. The van der Waals surface area contributed by atoms with Crippen molar-refractivity contribution in [2.75, 3.05) is 62.4 Å². The summed E-state index contributed by atoms with van der Waals surface area (Å²) in [6.45, 7) is 72.7. The Hall–Kier alpha value is -6.99. The van der Waals surface area contributed by atoms with Gasteiger partial charge in [-0.2, -0.15) is 0 Å². The van der Waals surface area contributed by atoms with E-state index < -0.39 is 0 Å². The van der Waals surface area contributed by atoms with Gasteiger partial charge < -0.3 is 132 Å².